The summed E-state index contributed by atoms with van der Waals surface area (Å²) in [5.74, 6) is -5.43. The molecule has 0 N–H and O–H groups in total. The molecule has 2 aliphatic heterocycles. The molecular weight excluding hydrogens is 1020 g/mol. The molecule has 2 heterocycles. The quantitative estimate of drug-likeness (QED) is 0.0476. The molecule has 2 unspecified atom stereocenters. The molecule has 0 spiro atoms. The van der Waals surface area contributed by atoms with Gasteiger partial charge in [0.2, 0.25) is 0 Å². The fourth-order valence-electron chi connectivity index (χ4n) is 7.26. The van der Waals surface area contributed by atoms with Gasteiger partial charge in [0.15, 0.2) is 0 Å². The first-order chi connectivity index (χ1) is 30.5. The van der Waals surface area contributed by atoms with Crippen LogP contribution in [0.15, 0.2) is 126 Å². The van der Waals surface area contributed by atoms with Crippen LogP contribution in [0.2, 0.25) is 8.87 Å². The molecule has 63 heavy (non-hydrogen) atoms. The van der Waals surface area contributed by atoms with Gasteiger partial charge in [-0.2, -0.15) is 0 Å². The Balaban J connectivity index is 1.43. The standard InChI is InChI=1S/3C11H10O4.2C8H17.2Sn/c3*12-10(13)7-9(11(14)15)6-8-4-2-1-3-5-8;2*1-3-5-7-8-6-4-2;;/h3*1-5,7H,6H2,(H,12,13)(H,14,15);2*1,3-8H2,2H3;;/q;;;;;2*+3/p-6/b9-7-;;;;;;. The number of benzene rings is 3. The fourth-order valence-corrected chi connectivity index (χ4v) is 20.3. The number of rotatable bonds is 24. The molecule has 12 nitrogen and oxygen atoms in total. The molecule has 14 heteroatoms. The van der Waals surface area contributed by atoms with Crippen molar-refractivity contribution < 1.29 is 47.2 Å². The van der Waals surface area contributed by atoms with E-state index in [9.17, 15) is 28.8 Å². The maximum absolute atomic E-state index is 14.5. The summed E-state index contributed by atoms with van der Waals surface area (Å²) in [5, 5.41) is 0. The second-order valence-electron chi connectivity index (χ2n) is 15.8. The van der Waals surface area contributed by atoms with E-state index in [1.54, 1.807) is 30.3 Å². The molecule has 334 valence electrons. The van der Waals surface area contributed by atoms with Crippen molar-refractivity contribution in [1.82, 2.24) is 0 Å². The topological polar surface area (TPSA) is 158 Å². The summed E-state index contributed by atoms with van der Waals surface area (Å²) in [6, 6.07) is 27.0. The van der Waals surface area contributed by atoms with Crippen molar-refractivity contribution in [1.29, 1.82) is 0 Å². The van der Waals surface area contributed by atoms with Crippen molar-refractivity contribution in [2.45, 2.75) is 119 Å². The summed E-state index contributed by atoms with van der Waals surface area (Å²) in [6.07, 6.45) is 13.5. The van der Waals surface area contributed by atoms with Crippen LogP contribution in [-0.2, 0) is 66.5 Å². The molecule has 2 aliphatic rings. The van der Waals surface area contributed by atoms with E-state index < -0.39 is 75.1 Å². The SMILES string of the molecule is CCCCCCC[CH2][Sn]1([O]C(=O)/C=C(/Cc2ccccc2)C(=O)[O][Sn]2([CH2]CCCCCCC)[O]C(=O)C=C(Cc3ccccc3)C(=O)[O]2)[O]C(=O)C=C(Cc2ccccc2)C(=O)[O]1. The van der Waals surface area contributed by atoms with Gasteiger partial charge in [0.25, 0.3) is 0 Å². The van der Waals surface area contributed by atoms with Crippen LogP contribution in [0.4, 0.5) is 0 Å². The monoisotopic (exact) mass is 1080 g/mol. The number of hydrogen-bond acceptors (Lipinski definition) is 12. The first-order valence-corrected chi connectivity index (χ1v) is 33.2. The zero-order chi connectivity index (χ0) is 44.9. The second kappa shape index (κ2) is 25.6. The molecule has 5 rings (SSSR count). The number of unbranched alkanes of at least 4 members (excludes halogenated alkanes) is 10. The van der Waals surface area contributed by atoms with Gasteiger partial charge in [-0.3, -0.25) is 0 Å². The molecule has 2 atom stereocenters. The van der Waals surface area contributed by atoms with Crippen molar-refractivity contribution in [3.05, 3.63) is 143 Å². The summed E-state index contributed by atoms with van der Waals surface area (Å²) in [4.78, 5) is 82.8. The van der Waals surface area contributed by atoms with E-state index in [1.807, 2.05) is 60.7 Å². The third-order valence-electron chi connectivity index (χ3n) is 10.6. The first-order valence-electron chi connectivity index (χ1n) is 22.1. The molecule has 0 aliphatic carbocycles. The summed E-state index contributed by atoms with van der Waals surface area (Å²) in [5.41, 5.74) is 2.08. The average Bonchev–Trinajstić information content (AvgIpc) is 3.45. The molecule has 0 radical (unpaired) electrons. The summed E-state index contributed by atoms with van der Waals surface area (Å²) in [7, 11) is 0. The predicted molar refractivity (Wildman–Crippen MR) is 239 cm³/mol. The van der Waals surface area contributed by atoms with Crippen LogP contribution in [0.5, 0.6) is 0 Å². The minimum atomic E-state index is -5.48. The third kappa shape index (κ3) is 16.4. The fraction of sp³-hybridized carbons (Fsp3) is 0.388. The van der Waals surface area contributed by atoms with Crippen molar-refractivity contribution in [2.24, 2.45) is 0 Å². The Morgan fingerprint density at radius 1 is 0.508 bits per heavy atom. The Bertz CT molecular complexity index is 2120. The zero-order valence-corrected chi connectivity index (χ0v) is 42.0. The van der Waals surface area contributed by atoms with Gasteiger partial charge in [0, 0.05) is 0 Å². The Morgan fingerprint density at radius 3 is 1.35 bits per heavy atom. The maximum atomic E-state index is 14.5. The van der Waals surface area contributed by atoms with Crippen LogP contribution in [0.1, 0.15) is 108 Å². The summed E-state index contributed by atoms with van der Waals surface area (Å²) >= 11 is -10.9. The molecule has 0 saturated heterocycles. The number of carbonyl (C=O) groups is 6. The van der Waals surface area contributed by atoms with Gasteiger partial charge in [0.05, 0.1) is 0 Å². The van der Waals surface area contributed by atoms with E-state index in [4.69, 9.17) is 18.4 Å². The summed E-state index contributed by atoms with van der Waals surface area (Å²) < 4.78 is 36.0. The molecule has 0 amide bonds. The molecule has 3 aromatic carbocycles. The second-order valence-corrected chi connectivity index (χ2v) is 30.0. The Morgan fingerprint density at radius 2 is 0.905 bits per heavy atom. The Hall–Kier alpha value is -4.70. The number of carbonyl (C=O) groups excluding carboxylic acids is 6. The van der Waals surface area contributed by atoms with E-state index in [-0.39, 0.29) is 44.9 Å². The van der Waals surface area contributed by atoms with Gasteiger partial charge in [-0.05, 0) is 0 Å². The summed E-state index contributed by atoms with van der Waals surface area (Å²) in [6.45, 7) is 4.22. The van der Waals surface area contributed by atoms with Crippen LogP contribution >= 0.6 is 0 Å². The van der Waals surface area contributed by atoms with Crippen LogP contribution in [0, 0.1) is 0 Å². The first kappa shape index (κ1) is 49.3. The van der Waals surface area contributed by atoms with E-state index in [1.165, 1.54) is 0 Å². The Labute approximate surface area is 381 Å². The Kier molecular flexibility index (Phi) is 20.0. The van der Waals surface area contributed by atoms with Gasteiger partial charge < -0.3 is 0 Å². The van der Waals surface area contributed by atoms with E-state index in [0.717, 1.165) is 93.6 Å². The normalized spacial score (nSPS) is 19.0. The zero-order valence-electron chi connectivity index (χ0n) is 36.3. The third-order valence-corrected chi connectivity index (χ3v) is 24.7. The number of hydrogen-bond donors (Lipinski definition) is 0. The predicted octanol–water partition coefficient (Wildman–Crippen LogP) is 9.38. The van der Waals surface area contributed by atoms with E-state index in [0.29, 0.717) is 18.4 Å². The molecule has 0 bridgehead atoms. The minimum absolute atomic E-state index is 0.0432. The van der Waals surface area contributed by atoms with Crippen LogP contribution in [0.3, 0.4) is 0 Å². The molecule has 0 saturated carbocycles. The molecule has 0 aromatic heterocycles. The van der Waals surface area contributed by atoms with Gasteiger partial charge in [-0.15, -0.1) is 0 Å². The molecule has 3 aromatic rings. The van der Waals surface area contributed by atoms with Gasteiger partial charge in [-0.25, -0.2) is 0 Å². The molecular formula is C49H58O12Sn2. The average molecular weight is 1080 g/mol. The van der Waals surface area contributed by atoms with E-state index >= 15 is 0 Å². The van der Waals surface area contributed by atoms with Gasteiger partial charge in [0.1, 0.15) is 0 Å². The van der Waals surface area contributed by atoms with Crippen LogP contribution in [-0.4, -0.2) is 75.1 Å². The van der Waals surface area contributed by atoms with Crippen LogP contribution < -0.4 is 0 Å². The van der Waals surface area contributed by atoms with Crippen LogP contribution in [0.25, 0.3) is 0 Å². The van der Waals surface area contributed by atoms with Gasteiger partial charge >= 0.3 is 384 Å². The van der Waals surface area contributed by atoms with Crippen molar-refractivity contribution in [3.8, 4) is 0 Å². The van der Waals surface area contributed by atoms with Crippen molar-refractivity contribution in [2.75, 3.05) is 0 Å². The van der Waals surface area contributed by atoms with Crippen molar-refractivity contribution >= 4 is 75.1 Å². The molecule has 0 fully saturated rings. The van der Waals surface area contributed by atoms with E-state index in [2.05, 4.69) is 13.8 Å². The van der Waals surface area contributed by atoms with Gasteiger partial charge in [-0.1, -0.05) is 0 Å². The van der Waals surface area contributed by atoms with Crippen molar-refractivity contribution in [3.63, 3.8) is 0 Å².